The lowest BCUT2D eigenvalue weighted by molar-refractivity contribution is -0.117. The number of thioether (sulfide) groups is 1. The fraction of sp³-hybridized carbons (Fsp3) is 0.364. The highest BCUT2D eigenvalue weighted by Gasteiger charge is 2.29. The Labute approximate surface area is 112 Å². The first-order chi connectivity index (χ1) is 8.17. The Kier molecular flexibility index (Phi) is 4.09. The summed E-state index contributed by atoms with van der Waals surface area (Å²) >= 11 is 5.04. The van der Waals surface area contributed by atoms with Gasteiger partial charge in [0.2, 0.25) is 5.91 Å². The van der Waals surface area contributed by atoms with Crippen LogP contribution in [0.15, 0.2) is 21.5 Å². The van der Waals surface area contributed by atoms with E-state index in [-0.39, 0.29) is 18.6 Å². The third-order valence-corrected chi connectivity index (χ3v) is 4.53. The molecular weight excluding hydrogens is 304 g/mol. The van der Waals surface area contributed by atoms with Gasteiger partial charge in [-0.3, -0.25) is 4.79 Å². The monoisotopic (exact) mass is 316 g/mol. The first kappa shape index (κ1) is 12.9. The second-order valence-corrected chi connectivity index (χ2v) is 5.64. The molecule has 0 aromatic heterocycles. The Hall–Kier alpha value is -0.560. The number of nitrogens with one attached hydrogen (secondary N) is 2. The number of hydrogen-bond donors (Lipinski definition) is 3. The molecule has 4 nitrogen and oxygen atoms in total. The van der Waals surface area contributed by atoms with E-state index < -0.39 is 0 Å². The average molecular weight is 317 g/mol. The lowest BCUT2D eigenvalue weighted by atomic mass is 10.1. The summed E-state index contributed by atoms with van der Waals surface area (Å²) in [5.74, 6) is 0.611. The Morgan fingerprint density at radius 3 is 3.00 bits per heavy atom. The first-order valence-corrected chi connectivity index (χ1v) is 7.00. The highest BCUT2D eigenvalue weighted by Crippen LogP contribution is 2.38. The molecule has 92 valence electrons. The molecule has 1 amide bonds. The van der Waals surface area contributed by atoms with Crippen LogP contribution in [0.25, 0.3) is 0 Å². The van der Waals surface area contributed by atoms with E-state index in [1.165, 1.54) is 0 Å². The minimum absolute atomic E-state index is 0.0290. The predicted molar refractivity (Wildman–Crippen MR) is 72.4 cm³/mol. The number of carbonyl (C=O) groups is 1. The van der Waals surface area contributed by atoms with E-state index in [9.17, 15) is 4.79 Å². The van der Waals surface area contributed by atoms with Crippen LogP contribution in [0.2, 0.25) is 0 Å². The van der Waals surface area contributed by atoms with E-state index in [0.29, 0.717) is 5.75 Å². The van der Waals surface area contributed by atoms with Gasteiger partial charge in [0, 0.05) is 26.4 Å². The molecular formula is C11H13BrN2O2S. The highest BCUT2D eigenvalue weighted by molar-refractivity contribution is 9.10. The van der Waals surface area contributed by atoms with Crippen LogP contribution in [-0.2, 0) is 4.79 Å². The maximum atomic E-state index is 11.7. The molecule has 1 aromatic carbocycles. The number of halogens is 1. The predicted octanol–water partition coefficient (Wildman–Crippen LogP) is 1.75. The summed E-state index contributed by atoms with van der Waals surface area (Å²) in [7, 11) is 1.77. The first-order valence-electron chi connectivity index (χ1n) is 5.22. The van der Waals surface area contributed by atoms with Crippen LogP contribution in [0, 0.1) is 0 Å². The van der Waals surface area contributed by atoms with Gasteiger partial charge in [-0.2, -0.15) is 0 Å². The van der Waals surface area contributed by atoms with Gasteiger partial charge in [0.25, 0.3) is 0 Å². The van der Waals surface area contributed by atoms with Crippen LogP contribution in [-0.4, -0.2) is 30.4 Å². The second-order valence-electron chi connectivity index (χ2n) is 3.65. The molecule has 1 heterocycles. The van der Waals surface area contributed by atoms with Gasteiger partial charge in [-0.05, 0) is 35.1 Å². The maximum Gasteiger partial charge on any atom is 0.246 e. The molecule has 1 atom stereocenters. The van der Waals surface area contributed by atoms with E-state index in [4.69, 9.17) is 5.11 Å². The van der Waals surface area contributed by atoms with Gasteiger partial charge >= 0.3 is 0 Å². The molecule has 0 saturated heterocycles. The zero-order valence-electron chi connectivity index (χ0n) is 9.29. The minimum Gasteiger partial charge on any atom is -0.396 e. The van der Waals surface area contributed by atoms with Gasteiger partial charge in [-0.1, -0.05) is 0 Å². The molecule has 1 unspecified atom stereocenters. The molecule has 0 fully saturated rings. The van der Waals surface area contributed by atoms with Crippen molar-refractivity contribution in [3.05, 3.63) is 22.2 Å². The lowest BCUT2D eigenvalue weighted by Gasteiger charge is -2.09. The number of likely N-dealkylation sites (N-methyl/N-ethyl adjacent to an activating group) is 1. The van der Waals surface area contributed by atoms with Crippen LogP contribution in [0.5, 0.6) is 0 Å². The summed E-state index contributed by atoms with van der Waals surface area (Å²) in [4.78, 5) is 12.7. The number of anilines is 1. The number of fused-ring (bicyclic) bond motifs is 1. The second kappa shape index (κ2) is 5.39. The number of benzene rings is 1. The zero-order valence-corrected chi connectivity index (χ0v) is 11.7. The summed E-state index contributed by atoms with van der Waals surface area (Å²) in [6.07, 6.45) is 0. The number of amides is 1. The third-order valence-electron chi connectivity index (χ3n) is 2.57. The maximum absolute atomic E-state index is 11.7. The topological polar surface area (TPSA) is 61.4 Å². The van der Waals surface area contributed by atoms with Crippen molar-refractivity contribution in [2.45, 2.75) is 10.9 Å². The van der Waals surface area contributed by atoms with Crippen molar-refractivity contribution in [3.63, 3.8) is 0 Å². The Morgan fingerprint density at radius 2 is 2.35 bits per heavy atom. The molecule has 0 spiro atoms. The van der Waals surface area contributed by atoms with Gasteiger partial charge in [0.15, 0.2) is 0 Å². The van der Waals surface area contributed by atoms with Crippen LogP contribution in [0.4, 0.5) is 5.69 Å². The van der Waals surface area contributed by atoms with E-state index in [0.717, 1.165) is 20.6 Å². The number of hydrogen-bond acceptors (Lipinski definition) is 4. The highest BCUT2D eigenvalue weighted by atomic mass is 79.9. The fourth-order valence-electron chi connectivity index (χ4n) is 1.81. The molecule has 1 aromatic rings. The van der Waals surface area contributed by atoms with Gasteiger partial charge in [-0.25, -0.2) is 0 Å². The number of rotatable bonds is 4. The molecule has 1 aliphatic heterocycles. The van der Waals surface area contributed by atoms with Gasteiger partial charge in [-0.15, -0.1) is 11.8 Å². The standard InChI is InChI=1S/C11H13BrN2O2S/c1-13-10-6-4-7(12)9(17-3-2-15)5-8(6)14-11(10)16/h4-5,10,13,15H,2-3H2,1H3,(H,14,16). The van der Waals surface area contributed by atoms with Crippen LogP contribution < -0.4 is 10.6 Å². The Morgan fingerprint density at radius 1 is 1.59 bits per heavy atom. The van der Waals surface area contributed by atoms with Crippen molar-refractivity contribution < 1.29 is 9.90 Å². The summed E-state index contributed by atoms with van der Waals surface area (Å²) in [6, 6.07) is 3.61. The number of aliphatic hydroxyl groups excluding tert-OH is 1. The van der Waals surface area contributed by atoms with Crippen molar-refractivity contribution in [2.24, 2.45) is 0 Å². The van der Waals surface area contributed by atoms with Gasteiger partial charge in [0.1, 0.15) is 6.04 Å². The van der Waals surface area contributed by atoms with E-state index in [1.807, 2.05) is 12.1 Å². The van der Waals surface area contributed by atoms with Crippen LogP contribution in [0.3, 0.4) is 0 Å². The summed E-state index contributed by atoms with van der Waals surface area (Å²) < 4.78 is 0.950. The van der Waals surface area contributed by atoms with E-state index in [1.54, 1.807) is 18.8 Å². The molecule has 1 aliphatic rings. The molecule has 2 rings (SSSR count). The molecule has 0 saturated carbocycles. The van der Waals surface area contributed by atoms with Crippen molar-refractivity contribution >= 4 is 39.3 Å². The quantitative estimate of drug-likeness (QED) is 0.741. The summed E-state index contributed by atoms with van der Waals surface area (Å²) in [6.45, 7) is 0.139. The largest absolute Gasteiger partial charge is 0.396 e. The Bertz CT molecular complexity index is 453. The average Bonchev–Trinajstić information content (AvgIpc) is 2.61. The zero-order chi connectivity index (χ0) is 12.4. The van der Waals surface area contributed by atoms with Crippen molar-refractivity contribution in [1.82, 2.24) is 5.32 Å². The number of aliphatic hydroxyl groups is 1. The molecule has 0 radical (unpaired) electrons. The number of carbonyl (C=O) groups excluding carboxylic acids is 1. The smallest absolute Gasteiger partial charge is 0.246 e. The van der Waals surface area contributed by atoms with E-state index in [2.05, 4.69) is 26.6 Å². The molecule has 0 aliphatic carbocycles. The van der Waals surface area contributed by atoms with Gasteiger partial charge < -0.3 is 15.7 Å². The summed E-state index contributed by atoms with van der Waals surface area (Å²) in [5, 5.41) is 14.6. The van der Waals surface area contributed by atoms with E-state index >= 15 is 0 Å². The van der Waals surface area contributed by atoms with Gasteiger partial charge in [0.05, 0.1) is 6.61 Å². The third kappa shape index (κ3) is 2.49. The fourth-order valence-corrected chi connectivity index (χ4v) is 3.23. The molecule has 0 bridgehead atoms. The normalized spacial score (nSPS) is 18.1. The van der Waals surface area contributed by atoms with Crippen LogP contribution >= 0.6 is 27.7 Å². The molecule has 6 heteroatoms. The molecule has 17 heavy (non-hydrogen) atoms. The summed E-state index contributed by atoms with van der Waals surface area (Å²) in [5.41, 5.74) is 1.80. The molecule has 3 N–H and O–H groups in total. The van der Waals surface area contributed by atoms with Crippen molar-refractivity contribution in [1.29, 1.82) is 0 Å². The minimum atomic E-state index is -0.279. The van der Waals surface area contributed by atoms with Crippen molar-refractivity contribution in [3.8, 4) is 0 Å². The Balaban J connectivity index is 2.33. The van der Waals surface area contributed by atoms with Crippen LogP contribution in [0.1, 0.15) is 11.6 Å². The lowest BCUT2D eigenvalue weighted by Crippen LogP contribution is -2.23. The van der Waals surface area contributed by atoms with Crippen molar-refractivity contribution in [2.75, 3.05) is 24.7 Å². The SMILES string of the molecule is CNC1C(=O)Nc2cc(SCCO)c(Br)cc21.